The van der Waals surface area contributed by atoms with Crippen molar-refractivity contribution in [1.29, 1.82) is 0 Å². The molecule has 0 aromatic rings. The van der Waals surface area contributed by atoms with Gasteiger partial charge >= 0.3 is 5.97 Å². The fourth-order valence-corrected chi connectivity index (χ4v) is 1.03. The Bertz CT molecular complexity index is 166. The predicted octanol–water partition coefficient (Wildman–Crippen LogP) is 1.77. The average Bonchev–Trinajstić information content (AvgIpc) is 1.81. The van der Waals surface area contributed by atoms with E-state index in [0.717, 1.165) is 19.3 Å². The van der Waals surface area contributed by atoms with Crippen molar-refractivity contribution in [3.05, 3.63) is 5.53 Å². The van der Waals surface area contributed by atoms with E-state index in [1.165, 1.54) is 0 Å². The Morgan fingerprint density at radius 1 is 1.67 bits per heavy atom. The summed E-state index contributed by atoms with van der Waals surface area (Å²) in [4.78, 5) is 2.53. The molecule has 1 fully saturated rings. The molecule has 1 aliphatic carbocycles. The van der Waals surface area contributed by atoms with Gasteiger partial charge in [0.2, 0.25) is 0 Å². The molecule has 2 nitrogen and oxygen atoms in total. The Balaban J connectivity index is 2.70. The second kappa shape index (κ2) is 1.92. The molecule has 1 rings (SSSR count). The molecular formula is C6H9FN2. The Morgan fingerprint density at radius 3 is 2.33 bits per heavy atom. The minimum Gasteiger partial charge on any atom is -0.358 e. The van der Waals surface area contributed by atoms with Crippen molar-refractivity contribution >= 4 is 5.97 Å². The van der Waals surface area contributed by atoms with E-state index in [0.29, 0.717) is 0 Å². The lowest BCUT2D eigenvalue weighted by Crippen LogP contribution is -2.32. The highest BCUT2D eigenvalue weighted by Gasteiger charge is 2.43. The molecule has 0 bridgehead atoms. The van der Waals surface area contributed by atoms with Crippen LogP contribution in [0.15, 0.2) is 0 Å². The van der Waals surface area contributed by atoms with Crippen molar-refractivity contribution in [1.82, 2.24) is 0 Å². The largest absolute Gasteiger partial charge is 0.448 e. The molecule has 0 unspecified atom stereocenters. The van der Waals surface area contributed by atoms with Gasteiger partial charge in [0.1, 0.15) is 0 Å². The summed E-state index contributed by atoms with van der Waals surface area (Å²) in [5.74, 6) is -0.617. The van der Waals surface area contributed by atoms with E-state index in [9.17, 15) is 4.39 Å². The number of hydrogen-bond acceptors (Lipinski definition) is 0. The Labute approximate surface area is 53.3 Å². The summed E-state index contributed by atoms with van der Waals surface area (Å²) in [6.07, 6.45) is 2.66. The molecule has 9 heavy (non-hydrogen) atoms. The molecule has 0 N–H and O–H groups in total. The van der Waals surface area contributed by atoms with Crippen LogP contribution >= 0.6 is 0 Å². The molecule has 0 radical (unpaired) electrons. The van der Waals surface area contributed by atoms with Gasteiger partial charge in [0.05, 0.1) is 5.41 Å². The smallest absolute Gasteiger partial charge is 0.358 e. The lowest BCUT2D eigenvalue weighted by molar-refractivity contribution is -0.0454. The summed E-state index contributed by atoms with van der Waals surface area (Å²) in [7, 11) is 0. The molecule has 1 saturated carbocycles. The van der Waals surface area contributed by atoms with Gasteiger partial charge < -0.3 is 5.53 Å². The molecular weight excluding hydrogens is 119 g/mol. The Hall–Kier alpha value is -0.690. The van der Waals surface area contributed by atoms with Crippen LogP contribution in [-0.4, -0.2) is 10.8 Å². The summed E-state index contributed by atoms with van der Waals surface area (Å²) in [6.45, 7) is 1.77. The first-order valence-corrected chi connectivity index (χ1v) is 3.07. The van der Waals surface area contributed by atoms with Crippen LogP contribution in [0.1, 0.15) is 26.2 Å². The van der Waals surface area contributed by atoms with Crippen molar-refractivity contribution in [2.24, 2.45) is 5.41 Å². The molecule has 0 aromatic heterocycles. The molecule has 3 heteroatoms. The van der Waals surface area contributed by atoms with Gasteiger partial charge in [-0.05, 0) is 19.8 Å². The van der Waals surface area contributed by atoms with Crippen molar-refractivity contribution in [2.75, 3.05) is 0 Å². The second-order valence-electron chi connectivity index (χ2n) is 2.81. The quantitative estimate of drug-likeness (QED) is 0.293. The van der Waals surface area contributed by atoms with Crippen molar-refractivity contribution in [2.45, 2.75) is 26.2 Å². The first-order chi connectivity index (χ1) is 4.19. The molecule has 0 heterocycles. The summed E-state index contributed by atoms with van der Waals surface area (Å²) in [6, 6.07) is 0. The fourth-order valence-electron chi connectivity index (χ4n) is 1.03. The predicted molar refractivity (Wildman–Crippen MR) is 31.7 cm³/mol. The van der Waals surface area contributed by atoms with Gasteiger partial charge in [0.25, 0.3) is 0 Å². The third-order valence-corrected chi connectivity index (χ3v) is 2.04. The highest BCUT2D eigenvalue weighted by molar-refractivity contribution is 5.76. The zero-order chi connectivity index (χ0) is 6.91. The van der Waals surface area contributed by atoms with Gasteiger partial charge in [-0.15, -0.1) is 9.18 Å². The summed E-state index contributed by atoms with van der Waals surface area (Å²) < 4.78 is 12.5. The van der Waals surface area contributed by atoms with E-state index >= 15 is 0 Å². The molecule has 50 valence electrons. The van der Waals surface area contributed by atoms with Crippen LogP contribution in [0.25, 0.3) is 5.53 Å². The third kappa shape index (κ3) is 0.879. The monoisotopic (exact) mass is 128 g/mol. The van der Waals surface area contributed by atoms with Crippen LogP contribution in [0.4, 0.5) is 4.39 Å². The highest BCUT2D eigenvalue weighted by Crippen LogP contribution is 2.41. The lowest BCUT2D eigenvalue weighted by atomic mass is 9.71. The average molecular weight is 128 g/mol. The molecule has 0 aromatic carbocycles. The molecule has 0 saturated heterocycles. The molecule has 0 spiro atoms. The minimum absolute atomic E-state index is 0.436. The highest BCUT2D eigenvalue weighted by atomic mass is 19.1. The van der Waals surface area contributed by atoms with Crippen molar-refractivity contribution in [3.63, 3.8) is 0 Å². The summed E-state index contributed by atoms with van der Waals surface area (Å²) in [5, 5.41) is 0. The van der Waals surface area contributed by atoms with Gasteiger partial charge in [-0.1, -0.05) is 6.42 Å². The van der Waals surface area contributed by atoms with Gasteiger partial charge in [-0.2, -0.15) is 0 Å². The van der Waals surface area contributed by atoms with Crippen molar-refractivity contribution in [3.8, 4) is 0 Å². The fraction of sp³-hybridized carbons (Fsp3) is 0.833. The normalized spacial score (nSPS) is 22.0. The zero-order valence-electron chi connectivity index (χ0n) is 5.39. The third-order valence-electron chi connectivity index (χ3n) is 2.04. The van der Waals surface area contributed by atoms with Crippen molar-refractivity contribution < 1.29 is 9.18 Å². The van der Waals surface area contributed by atoms with E-state index in [1.54, 1.807) is 6.92 Å². The van der Waals surface area contributed by atoms with Crippen LogP contribution < -0.4 is 0 Å². The molecule has 1 aliphatic rings. The van der Waals surface area contributed by atoms with Gasteiger partial charge in [0, 0.05) is 0 Å². The van der Waals surface area contributed by atoms with Crippen LogP contribution in [0.3, 0.4) is 0 Å². The maximum atomic E-state index is 12.5. The van der Waals surface area contributed by atoms with E-state index in [2.05, 4.69) is 4.79 Å². The summed E-state index contributed by atoms with van der Waals surface area (Å²) in [5.41, 5.74) is 7.61. The lowest BCUT2D eigenvalue weighted by Gasteiger charge is -2.30. The second-order valence-corrected chi connectivity index (χ2v) is 2.81. The SMILES string of the molecule is CC1(C(F)=[N+]=[N-])CCC1. The van der Waals surface area contributed by atoms with Crippen LogP contribution in [0, 0.1) is 5.41 Å². The molecule has 0 aliphatic heterocycles. The topological polar surface area (TPSA) is 36.4 Å². The maximum Gasteiger partial charge on any atom is 0.448 e. The first-order valence-electron chi connectivity index (χ1n) is 3.07. The zero-order valence-corrected chi connectivity index (χ0v) is 5.39. The first kappa shape index (κ1) is 6.43. The number of hydrogen-bond donors (Lipinski definition) is 0. The van der Waals surface area contributed by atoms with Crippen LogP contribution in [-0.2, 0) is 0 Å². The van der Waals surface area contributed by atoms with E-state index in [1.807, 2.05) is 0 Å². The standard InChI is InChI=1S/C6H9FN2/c1-6(3-2-4-6)5(7)9-8/h2-4H2,1H3. The van der Waals surface area contributed by atoms with Gasteiger partial charge in [-0.3, -0.25) is 0 Å². The van der Waals surface area contributed by atoms with E-state index in [-0.39, 0.29) is 0 Å². The minimum atomic E-state index is -0.617. The molecule has 0 amide bonds. The Morgan fingerprint density at radius 2 is 2.22 bits per heavy atom. The van der Waals surface area contributed by atoms with Gasteiger partial charge in [-0.25, -0.2) is 0 Å². The maximum absolute atomic E-state index is 12.5. The number of rotatable bonds is 1. The number of nitrogens with zero attached hydrogens (tertiary/aromatic N) is 2. The van der Waals surface area contributed by atoms with E-state index < -0.39 is 11.4 Å². The van der Waals surface area contributed by atoms with Crippen LogP contribution in [0.5, 0.6) is 0 Å². The molecule has 0 atom stereocenters. The summed E-state index contributed by atoms with van der Waals surface area (Å²) >= 11 is 0. The van der Waals surface area contributed by atoms with Gasteiger partial charge in [0.15, 0.2) is 0 Å². The Kier molecular flexibility index (Phi) is 1.37. The van der Waals surface area contributed by atoms with Crippen LogP contribution in [0.2, 0.25) is 0 Å². The number of halogens is 1. The van der Waals surface area contributed by atoms with E-state index in [4.69, 9.17) is 5.53 Å².